The molecular weight excluding hydrogens is 252 g/mol. The average Bonchev–Trinajstić information content (AvgIpc) is 3.23. The van der Waals surface area contributed by atoms with Gasteiger partial charge in [0.15, 0.2) is 0 Å². The summed E-state index contributed by atoms with van der Waals surface area (Å²) in [6, 6.07) is 0. The molecule has 0 amide bonds. The predicted octanol–water partition coefficient (Wildman–Crippen LogP) is 0.0589. The molecule has 0 saturated carbocycles. The molecule has 1 fully saturated rings. The van der Waals surface area contributed by atoms with Crippen LogP contribution in [0.15, 0.2) is 0 Å². The van der Waals surface area contributed by atoms with Gasteiger partial charge >= 0.3 is 0 Å². The topological polar surface area (TPSA) is 58.7 Å². The maximum absolute atomic E-state index is 5.30. The number of terminal acetylenes is 1. The van der Waals surface area contributed by atoms with Crippen LogP contribution in [-0.4, -0.2) is 72.4 Å². The van der Waals surface area contributed by atoms with Gasteiger partial charge in [0.1, 0.15) is 19.5 Å². The molecule has 0 aliphatic carbocycles. The van der Waals surface area contributed by atoms with E-state index in [1.165, 1.54) is 0 Å². The van der Waals surface area contributed by atoms with Crippen LogP contribution in [0.1, 0.15) is 0 Å². The van der Waals surface area contributed by atoms with Crippen molar-refractivity contribution >= 4 is 0 Å². The molecule has 19 heavy (non-hydrogen) atoms. The Labute approximate surface area is 114 Å². The van der Waals surface area contributed by atoms with Gasteiger partial charge in [0, 0.05) is 0 Å². The van der Waals surface area contributed by atoms with Gasteiger partial charge in [-0.2, -0.15) is 0 Å². The Morgan fingerprint density at radius 3 is 2.05 bits per heavy atom. The molecule has 1 aliphatic heterocycles. The molecule has 1 aliphatic rings. The molecule has 0 aromatic rings. The average molecular weight is 274 g/mol. The summed E-state index contributed by atoms with van der Waals surface area (Å²) in [6.45, 7) is 5.17. The SMILES string of the molecule is C#CCOCCOCCOCCOCOCC1CO1. The van der Waals surface area contributed by atoms with Crippen molar-refractivity contribution in [3.63, 3.8) is 0 Å². The lowest BCUT2D eigenvalue weighted by Gasteiger charge is -2.07. The van der Waals surface area contributed by atoms with Crippen molar-refractivity contribution in [3.8, 4) is 12.3 Å². The number of rotatable bonds is 14. The Bertz CT molecular complexity index is 236. The lowest BCUT2D eigenvalue weighted by atomic mass is 10.5. The van der Waals surface area contributed by atoms with E-state index in [9.17, 15) is 0 Å². The zero-order chi connectivity index (χ0) is 13.6. The van der Waals surface area contributed by atoms with Crippen LogP contribution in [0.3, 0.4) is 0 Å². The molecule has 0 spiro atoms. The Balaban J connectivity index is 1.61. The third kappa shape index (κ3) is 12.1. The van der Waals surface area contributed by atoms with E-state index in [4.69, 9.17) is 34.8 Å². The highest BCUT2D eigenvalue weighted by molar-refractivity contribution is 4.82. The lowest BCUT2D eigenvalue weighted by Crippen LogP contribution is -2.13. The first kappa shape index (κ1) is 16.4. The van der Waals surface area contributed by atoms with Crippen LogP contribution in [-0.2, 0) is 28.4 Å². The van der Waals surface area contributed by atoms with Gasteiger partial charge in [-0.25, -0.2) is 0 Å². The van der Waals surface area contributed by atoms with Gasteiger partial charge < -0.3 is 28.4 Å². The Hall–Kier alpha value is -0.680. The quantitative estimate of drug-likeness (QED) is 0.193. The Morgan fingerprint density at radius 1 is 0.895 bits per heavy atom. The molecule has 1 rings (SSSR count). The second-order valence-corrected chi connectivity index (χ2v) is 3.83. The second-order valence-electron chi connectivity index (χ2n) is 3.83. The van der Waals surface area contributed by atoms with Gasteiger partial charge in [0.05, 0.1) is 52.9 Å². The van der Waals surface area contributed by atoms with Gasteiger partial charge in [-0.15, -0.1) is 6.42 Å². The molecule has 0 N–H and O–H groups in total. The highest BCUT2D eigenvalue weighted by Crippen LogP contribution is 2.07. The van der Waals surface area contributed by atoms with Gasteiger partial charge in [-0.3, -0.25) is 0 Å². The van der Waals surface area contributed by atoms with Gasteiger partial charge in [0.2, 0.25) is 0 Å². The minimum absolute atomic E-state index is 0.279. The molecule has 0 aromatic heterocycles. The summed E-state index contributed by atoms with van der Waals surface area (Å²) in [5, 5.41) is 0. The van der Waals surface area contributed by atoms with Crippen molar-refractivity contribution < 1.29 is 28.4 Å². The van der Waals surface area contributed by atoms with Crippen molar-refractivity contribution in [1.29, 1.82) is 0 Å². The highest BCUT2D eigenvalue weighted by atomic mass is 16.7. The zero-order valence-corrected chi connectivity index (χ0v) is 11.2. The highest BCUT2D eigenvalue weighted by Gasteiger charge is 2.21. The van der Waals surface area contributed by atoms with Crippen LogP contribution in [0.25, 0.3) is 0 Å². The molecule has 1 heterocycles. The first-order chi connectivity index (χ1) is 9.43. The minimum atomic E-state index is 0.279. The summed E-state index contributed by atoms with van der Waals surface area (Å²) >= 11 is 0. The van der Waals surface area contributed by atoms with Gasteiger partial charge in [-0.05, 0) is 0 Å². The van der Waals surface area contributed by atoms with Gasteiger partial charge in [-0.1, -0.05) is 5.92 Å². The Morgan fingerprint density at radius 2 is 1.47 bits per heavy atom. The van der Waals surface area contributed by atoms with E-state index < -0.39 is 0 Å². The van der Waals surface area contributed by atoms with Crippen LogP contribution < -0.4 is 0 Å². The Kier molecular flexibility index (Phi) is 10.7. The lowest BCUT2D eigenvalue weighted by molar-refractivity contribution is -0.0756. The standard InChI is InChI=1S/C13H22O6/c1-2-3-14-4-5-15-6-7-16-8-9-17-12-18-10-13-11-19-13/h1,13H,3-12H2. The maximum Gasteiger partial charge on any atom is 0.146 e. The first-order valence-corrected chi connectivity index (χ1v) is 6.37. The molecule has 110 valence electrons. The summed E-state index contributed by atoms with van der Waals surface area (Å²) < 4.78 is 31.0. The normalized spacial score (nSPS) is 17.3. The van der Waals surface area contributed by atoms with Crippen LogP contribution in [0, 0.1) is 12.3 Å². The van der Waals surface area contributed by atoms with E-state index in [2.05, 4.69) is 5.92 Å². The number of hydrogen-bond donors (Lipinski definition) is 0. The summed E-state index contributed by atoms with van der Waals surface area (Å²) in [7, 11) is 0. The fraction of sp³-hybridized carbons (Fsp3) is 0.846. The fourth-order valence-electron chi connectivity index (χ4n) is 1.15. The number of epoxide rings is 1. The molecule has 1 atom stereocenters. The van der Waals surface area contributed by atoms with Crippen LogP contribution in [0.4, 0.5) is 0 Å². The number of ether oxygens (including phenoxy) is 6. The summed E-state index contributed by atoms with van der Waals surface area (Å²) in [6.07, 6.45) is 5.30. The summed E-state index contributed by atoms with van der Waals surface area (Å²) in [5.74, 6) is 2.38. The third-order valence-electron chi connectivity index (χ3n) is 2.17. The third-order valence-corrected chi connectivity index (χ3v) is 2.17. The number of hydrogen-bond acceptors (Lipinski definition) is 6. The van der Waals surface area contributed by atoms with Crippen molar-refractivity contribution in [3.05, 3.63) is 0 Å². The van der Waals surface area contributed by atoms with E-state index in [-0.39, 0.29) is 12.9 Å². The van der Waals surface area contributed by atoms with E-state index in [1.54, 1.807) is 0 Å². The summed E-state index contributed by atoms with van der Waals surface area (Å²) in [5.41, 5.74) is 0. The van der Waals surface area contributed by atoms with Crippen molar-refractivity contribution in [2.75, 3.05) is 66.3 Å². The first-order valence-electron chi connectivity index (χ1n) is 6.37. The van der Waals surface area contributed by atoms with Crippen LogP contribution >= 0.6 is 0 Å². The van der Waals surface area contributed by atoms with E-state index in [0.29, 0.717) is 52.9 Å². The van der Waals surface area contributed by atoms with E-state index in [0.717, 1.165) is 6.61 Å². The zero-order valence-electron chi connectivity index (χ0n) is 11.2. The van der Waals surface area contributed by atoms with E-state index >= 15 is 0 Å². The predicted molar refractivity (Wildman–Crippen MR) is 67.8 cm³/mol. The second kappa shape index (κ2) is 12.4. The largest absolute Gasteiger partial charge is 0.377 e. The fourth-order valence-corrected chi connectivity index (χ4v) is 1.15. The van der Waals surface area contributed by atoms with Gasteiger partial charge in [0.25, 0.3) is 0 Å². The molecule has 0 aromatic carbocycles. The monoisotopic (exact) mass is 274 g/mol. The smallest absolute Gasteiger partial charge is 0.146 e. The molecule has 6 nitrogen and oxygen atoms in total. The van der Waals surface area contributed by atoms with Crippen LogP contribution in [0.5, 0.6) is 0 Å². The molecule has 0 bridgehead atoms. The minimum Gasteiger partial charge on any atom is -0.377 e. The van der Waals surface area contributed by atoms with Crippen molar-refractivity contribution in [1.82, 2.24) is 0 Å². The van der Waals surface area contributed by atoms with Crippen molar-refractivity contribution in [2.45, 2.75) is 6.10 Å². The van der Waals surface area contributed by atoms with Crippen molar-refractivity contribution in [2.24, 2.45) is 0 Å². The molecule has 6 heteroatoms. The molecular formula is C13H22O6. The van der Waals surface area contributed by atoms with Crippen LogP contribution in [0.2, 0.25) is 0 Å². The molecule has 1 saturated heterocycles. The summed E-state index contributed by atoms with van der Waals surface area (Å²) in [4.78, 5) is 0. The maximum atomic E-state index is 5.30. The molecule has 0 radical (unpaired) electrons. The molecule has 1 unspecified atom stereocenters. The van der Waals surface area contributed by atoms with E-state index in [1.807, 2.05) is 0 Å².